The highest BCUT2D eigenvalue weighted by atomic mass is 32.2. The first kappa shape index (κ1) is 25.2. The number of rotatable bonds is 14. The maximum Gasteiger partial charge on any atom is 0.359 e. The van der Waals surface area contributed by atoms with Gasteiger partial charge in [-0.2, -0.15) is 25.3 Å². The number of carboxylic acids is 1. The van der Waals surface area contributed by atoms with Gasteiger partial charge in [0, 0.05) is 19.3 Å². The van der Waals surface area contributed by atoms with Crippen molar-refractivity contribution in [3.8, 4) is 0 Å². The summed E-state index contributed by atoms with van der Waals surface area (Å²) in [5.74, 6) is -3.23. The second kappa shape index (κ2) is 9.91. The van der Waals surface area contributed by atoms with Crippen molar-refractivity contribution in [2.24, 2.45) is 0 Å². The molecule has 0 amide bonds. The first-order valence-electron chi connectivity index (χ1n) is 7.46. The Morgan fingerprint density at radius 3 is 1.12 bits per heavy atom. The van der Waals surface area contributed by atoms with E-state index in [1.807, 2.05) is 0 Å². The number of hydrogen-bond acceptors (Lipinski definition) is 7. The molecular weight excluding hydrogens is 418 g/mol. The summed E-state index contributed by atoms with van der Waals surface area (Å²) in [6, 6.07) is 0. The van der Waals surface area contributed by atoms with Crippen LogP contribution in [0.1, 0.15) is 19.3 Å². The SMILES string of the molecule is O=C(O)C[N+](CCCS(=O)(=O)O)(CCCS(=O)(=O)O)CCCS(=O)(=O)O. The lowest BCUT2D eigenvalue weighted by atomic mass is 10.2. The zero-order valence-corrected chi connectivity index (χ0v) is 16.3. The Labute approximate surface area is 152 Å². The highest BCUT2D eigenvalue weighted by Crippen LogP contribution is 2.14. The summed E-state index contributed by atoms with van der Waals surface area (Å²) in [7, 11) is -12.9. The Morgan fingerprint density at radius 2 is 0.923 bits per heavy atom. The minimum absolute atomic E-state index is 0.0942. The Balaban J connectivity index is 5.28. The van der Waals surface area contributed by atoms with Crippen LogP contribution in [0.15, 0.2) is 0 Å². The molecule has 0 radical (unpaired) electrons. The monoisotopic (exact) mass is 442 g/mol. The van der Waals surface area contributed by atoms with Crippen LogP contribution in [0.4, 0.5) is 0 Å². The van der Waals surface area contributed by atoms with Gasteiger partial charge in [-0.05, 0) is 0 Å². The van der Waals surface area contributed by atoms with Gasteiger partial charge in [-0.25, -0.2) is 4.79 Å². The molecule has 12 nitrogen and oxygen atoms in total. The first-order chi connectivity index (χ1) is 11.5. The normalized spacial score (nSPS) is 13.7. The van der Waals surface area contributed by atoms with Crippen LogP contribution >= 0.6 is 0 Å². The van der Waals surface area contributed by atoms with E-state index >= 15 is 0 Å². The first-order valence-corrected chi connectivity index (χ1v) is 12.3. The van der Waals surface area contributed by atoms with E-state index in [1.165, 1.54) is 0 Å². The third-order valence-corrected chi connectivity index (χ3v) is 5.99. The summed E-state index contributed by atoms with van der Waals surface area (Å²) in [5, 5.41) is 9.11. The fourth-order valence-electron chi connectivity index (χ4n) is 2.61. The third-order valence-electron chi connectivity index (χ3n) is 3.57. The van der Waals surface area contributed by atoms with E-state index in [0.29, 0.717) is 0 Å². The van der Waals surface area contributed by atoms with Crippen LogP contribution in [0.3, 0.4) is 0 Å². The molecule has 0 saturated carbocycles. The fourth-order valence-corrected chi connectivity index (χ4v) is 4.09. The van der Waals surface area contributed by atoms with Gasteiger partial charge in [-0.15, -0.1) is 0 Å². The van der Waals surface area contributed by atoms with Crippen molar-refractivity contribution in [1.29, 1.82) is 0 Å². The van der Waals surface area contributed by atoms with Crippen molar-refractivity contribution in [2.75, 3.05) is 43.4 Å². The van der Waals surface area contributed by atoms with E-state index in [2.05, 4.69) is 0 Å². The predicted octanol–water partition coefficient (Wildman–Crippen LogP) is -1.28. The zero-order valence-electron chi connectivity index (χ0n) is 13.9. The molecule has 0 heterocycles. The summed E-state index contributed by atoms with van der Waals surface area (Å²) < 4.78 is 91.0. The lowest BCUT2D eigenvalue weighted by Gasteiger charge is -2.37. The van der Waals surface area contributed by atoms with Gasteiger partial charge in [-0.1, -0.05) is 0 Å². The van der Waals surface area contributed by atoms with E-state index in [4.69, 9.17) is 18.8 Å². The zero-order chi connectivity index (χ0) is 20.6. The third kappa shape index (κ3) is 14.3. The lowest BCUT2D eigenvalue weighted by Crippen LogP contribution is -2.54. The van der Waals surface area contributed by atoms with Crippen molar-refractivity contribution in [3.63, 3.8) is 0 Å². The van der Waals surface area contributed by atoms with Crippen LogP contribution in [-0.2, 0) is 35.1 Å². The van der Waals surface area contributed by atoms with E-state index in [0.717, 1.165) is 0 Å². The van der Waals surface area contributed by atoms with Crippen LogP contribution < -0.4 is 0 Å². The van der Waals surface area contributed by atoms with Gasteiger partial charge in [0.25, 0.3) is 30.4 Å². The molecule has 15 heteroatoms. The molecular formula is C11H24NO11S3+. The van der Waals surface area contributed by atoms with Crippen LogP contribution in [0.5, 0.6) is 0 Å². The second-order valence-electron chi connectivity index (χ2n) is 5.98. The number of quaternary nitrogens is 1. The van der Waals surface area contributed by atoms with Crippen molar-refractivity contribution in [3.05, 3.63) is 0 Å². The molecule has 0 aromatic carbocycles. The molecule has 0 aliphatic heterocycles. The summed E-state index contributed by atoms with van der Waals surface area (Å²) in [5.41, 5.74) is 0. The smallest absolute Gasteiger partial charge is 0.359 e. The Hall–Kier alpha value is -0.840. The second-order valence-corrected chi connectivity index (χ2v) is 10.7. The molecule has 0 bridgehead atoms. The van der Waals surface area contributed by atoms with Crippen molar-refractivity contribution < 1.29 is 53.3 Å². The van der Waals surface area contributed by atoms with E-state index in [1.54, 1.807) is 0 Å². The van der Waals surface area contributed by atoms with Crippen molar-refractivity contribution >= 4 is 36.3 Å². The lowest BCUT2D eigenvalue weighted by molar-refractivity contribution is -0.921. The highest BCUT2D eigenvalue weighted by Gasteiger charge is 2.31. The molecule has 0 rings (SSSR count). The summed E-state index contributed by atoms with van der Waals surface area (Å²) in [6.07, 6.45) is -0.447. The van der Waals surface area contributed by atoms with E-state index < -0.39 is 60.1 Å². The van der Waals surface area contributed by atoms with Gasteiger partial charge in [0.2, 0.25) is 0 Å². The highest BCUT2D eigenvalue weighted by molar-refractivity contribution is 7.86. The average molecular weight is 443 g/mol. The number of nitrogens with zero attached hydrogens (tertiary/aromatic N) is 1. The number of aliphatic carboxylic acids is 1. The standard InChI is InChI=1S/C11H23NO11S3/c13-11(14)10-12(4-1-7-24(15,16)17,5-2-8-25(18,19)20)6-3-9-26(21,22)23/h1-10H2,(H3-,13,14,15,16,17,18,19,20,21,22,23)/p+1. The largest absolute Gasteiger partial charge is 0.477 e. The molecule has 0 aliphatic rings. The van der Waals surface area contributed by atoms with Crippen LogP contribution in [0.2, 0.25) is 0 Å². The molecule has 0 aromatic heterocycles. The summed E-state index contributed by atoms with van der Waals surface area (Å²) in [6.45, 7) is -0.836. The molecule has 0 fully saturated rings. The topological polar surface area (TPSA) is 200 Å². The van der Waals surface area contributed by atoms with Gasteiger partial charge < -0.3 is 9.59 Å². The van der Waals surface area contributed by atoms with Crippen LogP contribution in [0.25, 0.3) is 0 Å². The van der Waals surface area contributed by atoms with Gasteiger partial charge in [-0.3, -0.25) is 13.7 Å². The summed E-state index contributed by atoms with van der Waals surface area (Å²) in [4.78, 5) is 11.2. The minimum atomic E-state index is -4.29. The minimum Gasteiger partial charge on any atom is -0.477 e. The van der Waals surface area contributed by atoms with Crippen molar-refractivity contribution in [1.82, 2.24) is 0 Å². The van der Waals surface area contributed by atoms with E-state index in [9.17, 15) is 30.0 Å². The molecule has 0 unspecified atom stereocenters. The molecule has 26 heavy (non-hydrogen) atoms. The Kier molecular flexibility index (Phi) is 9.59. The Morgan fingerprint density at radius 1 is 0.654 bits per heavy atom. The van der Waals surface area contributed by atoms with E-state index in [-0.39, 0.29) is 43.4 Å². The molecule has 0 spiro atoms. The molecule has 156 valence electrons. The molecule has 4 N–H and O–H groups in total. The average Bonchev–Trinajstić information content (AvgIpc) is 2.32. The number of carboxylic acid groups (broad SMARTS) is 1. The van der Waals surface area contributed by atoms with Gasteiger partial charge in [0.15, 0.2) is 6.54 Å². The molecule has 0 atom stereocenters. The fraction of sp³-hybridized carbons (Fsp3) is 0.909. The Bertz CT molecular complexity index is 677. The van der Waals surface area contributed by atoms with Gasteiger partial charge >= 0.3 is 5.97 Å². The quantitative estimate of drug-likeness (QED) is 0.184. The maximum atomic E-state index is 11.2. The van der Waals surface area contributed by atoms with Gasteiger partial charge in [0.1, 0.15) is 0 Å². The molecule has 0 saturated heterocycles. The molecule has 0 aromatic rings. The van der Waals surface area contributed by atoms with Crippen molar-refractivity contribution in [2.45, 2.75) is 19.3 Å². The van der Waals surface area contributed by atoms with Crippen LogP contribution in [-0.4, -0.2) is 97.9 Å². The van der Waals surface area contributed by atoms with Crippen LogP contribution in [0, 0.1) is 0 Å². The van der Waals surface area contributed by atoms with Gasteiger partial charge in [0.05, 0.1) is 36.9 Å². The predicted molar refractivity (Wildman–Crippen MR) is 90.5 cm³/mol. The maximum absolute atomic E-state index is 11.2. The summed E-state index contributed by atoms with van der Waals surface area (Å²) >= 11 is 0. The molecule has 0 aliphatic carbocycles. The number of hydrogen-bond donors (Lipinski definition) is 4. The number of carbonyl (C=O) groups is 1.